The van der Waals surface area contributed by atoms with Crippen molar-refractivity contribution >= 4 is 29.1 Å². The maximum Gasteiger partial charge on any atom is 0.374 e. The van der Waals surface area contributed by atoms with E-state index in [9.17, 15) is 19.2 Å². The number of rotatable bonds is 6. The zero-order valence-corrected chi connectivity index (χ0v) is 17.7. The Kier molecular flexibility index (Phi) is 5.35. The fourth-order valence-electron chi connectivity index (χ4n) is 3.70. The van der Waals surface area contributed by atoms with Gasteiger partial charge in [0.1, 0.15) is 5.76 Å². The predicted molar refractivity (Wildman–Crippen MR) is 119 cm³/mol. The summed E-state index contributed by atoms with van der Waals surface area (Å²) in [5, 5.41) is 6.63. The lowest BCUT2D eigenvalue weighted by Gasteiger charge is -2.18. The van der Waals surface area contributed by atoms with Crippen LogP contribution in [0.25, 0.3) is 0 Å². The standard InChI is InChI=1S/C25H17N3O6/c29-22(14-33-25(32)21-9-7-16(34-21)13-28-11-3-10-26-28)27-15-6-8-19-20(12-15)24(31)18-5-2-1-4-17(18)23(19)30/h1-12H,13-14H2,(H,27,29). The lowest BCUT2D eigenvalue weighted by molar-refractivity contribution is -0.119. The monoisotopic (exact) mass is 455 g/mol. The fourth-order valence-corrected chi connectivity index (χ4v) is 3.70. The molecule has 9 nitrogen and oxygen atoms in total. The van der Waals surface area contributed by atoms with E-state index in [4.69, 9.17) is 9.15 Å². The molecule has 0 fully saturated rings. The van der Waals surface area contributed by atoms with Gasteiger partial charge in [0.05, 0.1) is 6.54 Å². The predicted octanol–water partition coefficient (Wildman–Crippen LogP) is 3.10. The number of ether oxygens (including phenoxy) is 1. The van der Waals surface area contributed by atoms with Crippen LogP contribution in [0.3, 0.4) is 0 Å². The quantitative estimate of drug-likeness (QED) is 0.391. The number of nitrogens with one attached hydrogen (secondary N) is 1. The van der Waals surface area contributed by atoms with Crippen LogP contribution in [-0.2, 0) is 16.1 Å². The molecule has 0 unspecified atom stereocenters. The molecule has 0 bridgehead atoms. The summed E-state index contributed by atoms with van der Waals surface area (Å²) >= 11 is 0. The van der Waals surface area contributed by atoms with Crippen LogP contribution in [0.5, 0.6) is 0 Å². The lowest BCUT2D eigenvalue weighted by atomic mass is 9.84. The maximum absolute atomic E-state index is 12.8. The number of ketones is 2. The summed E-state index contributed by atoms with van der Waals surface area (Å²) in [5.41, 5.74) is 1.47. The van der Waals surface area contributed by atoms with Gasteiger partial charge < -0.3 is 14.5 Å². The first-order valence-electron chi connectivity index (χ1n) is 10.4. The van der Waals surface area contributed by atoms with Crippen molar-refractivity contribution < 1.29 is 28.3 Å². The van der Waals surface area contributed by atoms with Crippen molar-refractivity contribution in [1.29, 1.82) is 0 Å². The molecule has 0 aliphatic heterocycles. The molecule has 0 atom stereocenters. The first-order chi connectivity index (χ1) is 16.5. The van der Waals surface area contributed by atoms with Gasteiger partial charge in [-0.05, 0) is 36.4 Å². The lowest BCUT2D eigenvalue weighted by Crippen LogP contribution is -2.23. The highest BCUT2D eigenvalue weighted by molar-refractivity contribution is 6.28. The van der Waals surface area contributed by atoms with Crippen LogP contribution >= 0.6 is 0 Å². The number of hydrogen-bond donors (Lipinski definition) is 1. The summed E-state index contributed by atoms with van der Waals surface area (Å²) < 4.78 is 12.1. The molecule has 2 aromatic carbocycles. The first kappa shape index (κ1) is 21.1. The number of amides is 1. The maximum atomic E-state index is 12.8. The van der Waals surface area contributed by atoms with Crippen LogP contribution in [0, 0.1) is 0 Å². The average Bonchev–Trinajstić information content (AvgIpc) is 3.54. The Bertz CT molecular complexity index is 1430. The van der Waals surface area contributed by atoms with Gasteiger partial charge in [0, 0.05) is 40.3 Å². The average molecular weight is 455 g/mol. The van der Waals surface area contributed by atoms with E-state index in [0.717, 1.165) is 0 Å². The van der Waals surface area contributed by atoms with Gasteiger partial charge in [-0.3, -0.25) is 19.1 Å². The number of hydrogen-bond acceptors (Lipinski definition) is 7. The second-order valence-electron chi connectivity index (χ2n) is 7.56. The van der Waals surface area contributed by atoms with Crippen molar-refractivity contribution in [2.45, 2.75) is 6.54 Å². The number of aromatic nitrogens is 2. The molecule has 1 aliphatic rings. The van der Waals surface area contributed by atoms with Crippen LogP contribution in [0.4, 0.5) is 5.69 Å². The van der Waals surface area contributed by atoms with E-state index in [-0.39, 0.29) is 28.5 Å². The minimum Gasteiger partial charge on any atom is -0.452 e. The minimum absolute atomic E-state index is 0.0356. The number of carbonyl (C=O) groups excluding carboxylic acids is 4. The van der Waals surface area contributed by atoms with Crippen molar-refractivity contribution in [3.63, 3.8) is 0 Å². The van der Waals surface area contributed by atoms with Crippen LogP contribution in [0.2, 0.25) is 0 Å². The largest absolute Gasteiger partial charge is 0.452 e. The van der Waals surface area contributed by atoms with Gasteiger partial charge in [0.25, 0.3) is 5.91 Å². The van der Waals surface area contributed by atoms with Crippen LogP contribution in [-0.4, -0.2) is 39.8 Å². The number of furan rings is 1. The van der Waals surface area contributed by atoms with E-state index in [1.54, 1.807) is 53.5 Å². The summed E-state index contributed by atoms with van der Waals surface area (Å²) in [6.07, 6.45) is 3.39. The third-order valence-electron chi connectivity index (χ3n) is 5.28. The van der Waals surface area contributed by atoms with Gasteiger partial charge in [-0.25, -0.2) is 4.79 Å². The molecule has 9 heteroatoms. The number of fused-ring (bicyclic) bond motifs is 2. The minimum atomic E-state index is -0.787. The Labute approximate surface area is 192 Å². The molecule has 2 aromatic heterocycles. The summed E-state index contributed by atoms with van der Waals surface area (Å²) in [6.45, 7) is -0.203. The molecule has 4 aromatic rings. The van der Waals surface area contributed by atoms with E-state index in [1.165, 1.54) is 24.3 Å². The van der Waals surface area contributed by atoms with Crippen molar-refractivity contribution in [2.24, 2.45) is 0 Å². The highest BCUT2D eigenvalue weighted by Gasteiger charge is 2.29. The number of benzene rings is 2. The van der Waals surface area contributed by atoms with Gasteiger partial charge >= 0.3 is 5.97 Å². The molecule has 1 amide bonds. The summed E-state index contributed by atoms with van der Waals surface area (Å²) in [6, 6.07) is 15.9. The molecule has 0 radical (unpaired) electrons. The molecule has 1 aliphatic carbocycles. The van der Waals surface area contributed by atoms with Gasteiger partial charge in [-0.1, -0.05) is 24.3 Å². The van der Waals surface area contributed by atoms with Gasteiger partial charge in [0.2, 0.25) is 5.76 Å². The Balaban J connectivity index is 1.21. The first-order valence-corrected chi connectivity index (χ1v) is 10.4. The zero-order valence-electron chi connectivity index (χ0n) is 17.7. The summed E-state index contributed by atoms with van der Waals surface area (Å²) in [5.74, 6) is -1.46. The fraction of sp³-hybridized carbons (Fsp3) is 0.0800. The normalized spacial score (nSPS) is 12.1. The molecule has 0 saturated carbocycles. The van der Waals surface area contributed by atoms with E-state index in [1.807, 2.05) is 0 Å². The number of anilines is 1. The molecule has 34 heavy (non-hydrogen) atoms. The molecule has 0 spiro atoms. The Morgan fingerprint density at radius 2 is 1.65 bits per heavy atom. The number of nitrogens with zero attached hydrogens (tertiary/aromatic N) is 2. The van der Waals surface area contributed by atoms with Crippen molar-refractivity contribution in [3.8, 4) is 0 Å². The van der Waals surface area contributed by atoms with Gasteiger partial charge in [-0.2, -0.15) is 5.10 Å². The summed E-state index contributed by atoms with van der Waals surface area (Å²) in [4.78, 5) is 50.0. The van der Waals surface area contributed by atoms with Crippen molar-refractivity contribution in [1.82, 2.24) is 9.78 Å². The molecule has 1 N–H and O–H groups in total. The smallest absolute Gasteiger partial charge is 0.374 e. The number of esters is 1. The van der Waals surface area contributed by atoms with Crippen LogP contribution < -0.4 is 5.32 Å². The Hall–Kier alpha value is -4.79. The molecule has 0 saturated heterocycles. The SMILES string of the molecule is O=C(COC(=O)c1ccc(Cn2cccn2)o1)Nc1ccc2c(c1)C(=O)c1ccccc1C2=O. The Morgan fingerprint density at radius 3 is 2.38 bits per heavy atom. The molecule has 168 valence electrons. The highest BCUT2D eigenvalue weighted by atomic mass is 16.5. The number of carbonyl (C=O) groups is 4. The van der Waals surface area contributed by atoms with Crippen molar-refractivity contribution in [2.75, 3.05) is 11.9 Å². The third kappa shape index (κ3) is 4.02. The van der Waals surface area contributed by atoms with E-state index in [0.29, 0.717) is 29.1 Å². The second-order valence-corrected chi connectivity index (χ2v) is 7.56. The second kappa shape index (κ2) is 8.62. The van der Waals surface area contributed by atoms with Gasteiger partial charge in [0.15, 0.2) is 18.2 Å². The van der Waals surface area contributed by atoms with E-state index < -0.39 is 18.5 Å². The molecular weight excluding hydrogens is 438 g/mol. The molecule has 5 rings (SSSR count). The highest BCUT2D eigenvalue weighted by Crippen LogP contribution is 2.29. The van der Waals surface area contributed by atoms with Crippen LogP contribution in [0.1, 0.15) is 48.2 Å². The topological polar surface area (TPSA) is 120 Å². The summed E-state index contributed by atoms with van der Waals surface area (Å²) in [7, 11) is 0. The van der Waals surface area contributed by atoms with E-state index in [2.05, 4.69) is 10.4 Å². The molecule has 2 heterocycles. The van der Waals surface area contributed by atoms with E-state index >= 15 is 0 Å². The Morgan fingerprint density at radius 1 is 0.912 bits per heavy atom. The third-order valence-corrected chi connectivity index (χ3v) is 5.28. The zero-order chi connectivity index (χ0) is 23.7. The van der Waals surface area contributed by atoms with Gasteiger partial charge in [-0.15, -0.1) is 0 Å². The molecular formula is C25H17N3O6. The van der Waals surface area contributed by atoms with Crippen molar-refractivity contribution in [3.05, 3.63) is 107 Å². The van der Waals surface area contributed by atoms with Crippen LogP contribution in [0.15, 0.2) is 77.5 Å².